The lowest BCUT2D eigenvalue weighted by Gasteiger charge is -2.35. The Kier molecular flexibility index (Phi) is 5.19. The summed E-state index contributed by atoms with van der Waals surface area (Å²) in [7, 11) is 1.56. The topological polar surface area (TPSA) is 88.3 Å². The monoisotopic (exact) mass is 412 g/mol. The van der Waals surface area contributed by atoms with Gasteiger partial charge in [0, 0.05) is 24.5 Å². The highest BCUT2D eigenvalue weighted by Gasteiger charge is 2.30. The second-order valence-corrected chi connectivity index (χ2v) is 8.03. The van der Waals surface area contributed by atoms with Crippen molar-refractivity contribution in [3.8, 4) is 0 Å². The summed E-state index contributed by atoms with van der Waals surface area (Å²) in [6, 6.07) is 9.28. The van der Waals surface area contributed by atoms with Gasteiger partial charge in [0.2, 0.25) is 0 Å². The Morgan fingerprint density at radius 2 is 2.10 bits per heavy atom. The lowest BCUT2D eigenvalue weighted by Crippen LogP contribution is -2.38. The van der Waals surface area contributed by atoms with Gasteiger partial charge >= 0.3 is 0 Å². The maximum absolute atomic E-state index is 13.6. The first-order valence-corrected chi connectivity index (χ1v) is 10.3. The van der Waals surface area contributed by atoms with E-state index in [2.05, 4.69) is 5.32 Å². The summed E-state index contributed by atoms with van der Waals surface area (Å²) < 4.78 is 13.6. The van der Waals surface area contributed by atoms with Crippen LogP contribution in [0.3, 0.4) is 0 Å². The van der Waals surface area contributed by atoms with Crippen LogP contribution in [0, 0.1) is 5.82 Å². The molecule has 0 spiro atoms. The molecule has 0 aliphatic carbocycles. The van der Waals surface area contributed by atoms with Crippen LogP contribution < -0.4 is 11.1 Å². The van der Waals surface area contributed by atoms with E-state index >= 15 is 0 Å². The number of anilines is 1. The van der Waals surface area contributed by atoms with Gasteiger partial charge in [-0.3, -0.25) is 9.59 Å². The number of hydrogen-bond acceptors (Lipinski definition) is 5. The number of nitrogens with one attached hydrogen (secondary N) is 1. The Bertz CT molecular complexity index is 1100. The Morgan fingerprint density at radius 1 is 1.28 bits per heavy atom. The number of amides is 2. The number of aromatic nitrogens is 1. The van der Waals surface area contributed by atoms with Gasteiger partial charge in [0.25, 0.3) is 11.8 Å². The van der Waals surface area contributed by atoms with Crippen LogP contribution in [0.4, 0.5) is 10.1 Å². The smallest absolute Gasteiger partial charge is 0.263 e. The van der Waals surface area contributed by atoms with Crippen LogP contribution in [0.2, 0.25) is 0 Å². The number of nitrogens with two attached hydrogens (primary N) is 1. The molecule has 0 radical (unpaired) electrons. The molecule has 1 saturated heterocycles. The van der Waals surface area contributed by atoms with Gasteiger partial charge in [-0.1, -0.05) is 6.07 Å². The van der Waals surface area contributed by atoms with Crippen LogP contribution in [-0.2, 0) is 0 Å². The van der Waals surface area contributed by atoms with E-state index in [4.69, 9.17) is 10.7 Å². The van der Waals surface area contributed by atoms with E-state index in [0.717, 1.165) is 30.3 Å². The molecule has 0 saturated carbocycles. The largest absolute Gasteiger partial charge is 0.397 e. The van der Waals surface area contributed by atoms with Crippen molar-refractivity contribution in [3.63, 3.8) is 0 Å². The third-order valence-electron chi connectivity index (χ3n) is 5.23. The summed E-state index contributed by atoms with van der Waals surface area (Å²) in [5.41, 5.74) is 7.63. The molecule has 0 bridgehead atoms. The molecule has 29 heavy (non-hydrogen) atoms. The fourth-order valence-electron chi connectivity index (χ4n) is 3.75. The highest BCUT2D eigenvalue weighted by molar-refractivity contribution is 7.21. The van der Waals surface area contributed by atoms with Crippen LogP contribution in [0.15, 0.2) is 36.4 Å². The summed E-state index contributed by atoms with van der Waals surface area (Å²) in [5.74, 6) is -0.875. The molecule has 150 valence electrons. The molecule has 1 fully saturated rings. The van der Waals surface area contributed by atoms with Crippen LogP contribution in [0.5, 0.6) is 0 Å². The Hall–Kier alpha value is -3.00. The van der Waals surface area contributed by atoms with Crippen molar-refractivity contribution in [2.24, 2.45) is 0 Å². The standard InChI is InChI=1S/C21H21FN4O2S/c1-24-19(27)18-17(23)14-8-9-15(25-20(14)29-18)16-7-2-3-10-26(16)21(28)12-5-4-6-13(22)11-12/h4-6,8-9,11,16H,2-3,7,10,23H2,1H3,(H,24,27). The number of benzene rings is 1. The summed E-state index contributed by atoms with van der Waals surface area (Å²) in [6.45, 7) is 0.593. The van der Waals surface area contributed by atoms with Gasteiger partial charge in [0.05, 0.1) is 17.4 Å². The van der Waals surface area contributed by atoms with Crippen molar-refractivity contribution < 1.29 is 14.0 Å². The fraction of sp³-hybridized carbons (Fsp3) is 0.286. The van der Waals surface area contributed by atoms with E-state index in [9.17, 15) is 14.0 Å². The van der Waals surface area contributed by atoms with Crippen LogP contribution in [-0.4, -0.2) is 35.3 Å². The molecule has 6 nitrogen and oxygen atoms in total. The van der Waals surface area contributed by atoms with Crippen LogP contribution in [0.25, 0.3) is 10.2 Å². The van der Waals surface area contributed by atoms with Gasteiger partial charge in [0.1, 0.15) is 15.5 Å². The van der Waals surface area contributed by atoms with E-state index in [0.29, 0.717) is 27.5 Å². The molecule has 2 amide bonds. The predicted octanol–water partition coefficient (Wildman–Crippen LogP) is 3.74. The molecular weight excluding hydrogens is 391 g/mol. The Labute approximate surface area is 171 Å². The molecule has 3 N–H and O–H groups in total. The lowest BCUT2D eigenvalue weighted by molar-refractivity contribution is 0.0606. The molecule has 3 aromatic rings. The molecule has 2 aromatic heterocycles. The molecule has 1 aromatic carbocycles. The normalized spacial score (nSPS) is 16.8. The molecule has 1 aliphatic rings. The van der Waals surface area contributed by atoms with Crippen molar-refractivity contribution in [1.29, 1.82) is 0 Å². The first-order valence-electron chi connectivity index (χ1n) is 9.47. The number of carbonyl (C=O) groups excluding carboxylic acids is 2. The maximum atomic E-state index is 13.6. The summed E-state index contributed by atoms with van der Waals surface area (Å²) in [4.78, 5) is 32.7. The summed E-state index contributed by atoms with van der Waals surface area (Å²) >= 11 is 1.24. The molecule has 8 heteroatoms. The molecule has 4 rings (SSSR count). The molecule has 1 atom stereocenters. The van der Waals surface area contributed by atoms with E-state index in [-0.39, 0.29) is 17.9 Å². The SMILES string of the molecule is CNC(=O)c1sc2nc(C3CCCCN3C(=O)c3cccc(F)c3)ccc2c1N. The molecule has 1 unspecified atom stereocenters. The van der Waals surface area contributed by atoms with E-state index in [1.807, 2.05) is 12.1 Å². The number of fused-ring (bicyclic) bond motifs is 1. The Balaban J connectivity index is 1.70. The van der Waals surface area contributed by atoms with Gasteiger partial charge in [0.15, 0.2) is 0 Å². The molecular formula is C21H21FN4O2S. The number of nitrogen functional groups attached to an aromatic ring is 1. The second-order valence-electron chi connectivity index (χ2n) is 7.03. The zero-order chi connectivity index (χ0) is 20.5. The minimum atomic E-state index is -0.431. The van der Waals surface area contributed by atoms with Gasteiger partial charge in [-0.15, -0.1) is 11.3 Å². The van der Waals surface area contributed by atoms with Crippen molar-refractivity contribution in [2.45, 2.75) is 25.3 Å². The van der Waals surface area contributed by atoms with Gasteiger partial charge in [-0.2, -0.15) is 0 Å². The number of pyridine rings is 1. The molecule has 3 heterocycles. The maximum Gasteiger partial charge on any atom is 0.263 e. The highest BCUT2D eigenvalue weighted by Crippen LogP contribution is 2.36. The van der Waals surface area contributed by atoms with Crippen LogP contribution >= 0.6 is 11.3 Å². The summed E-state index contributed by atoms with van der Waals surface area (Å²) in [5, 5.41) is 3.32. The van der Waals surface area contributed by atoms with Gasteiger partial charge in [-0.05, 0) is 49.6 Å². The van der Waals surface area contributed by atoms with Gasteiger partial charge < -0.3 is 16.0 Å². The number of thiophene rings is 1. The van der Waals surface area contributed by atoms with Crippen molar-refractivity contribution in [2.75, 3.05) is 19.3 Å². The fourth-order valence-corrected chi connectivity index (χ4v) is 4.80. The number of hydrogen-bond donors (Lipinski definition) is 2. The number of halogens is 1. The second kappa shape index (κ2) is 7.79. The average Bonchev–Trinajstić information content (AvgIpc) is 3.08. The van der Waals surface area contributed by atoms with Crippen molar-refractivity contribution in [3.05, 3.63) is 58.3 Å². The van der Waals surface area contributed by atoms with Gasteiger partial charge in [-0.25, -0.2) is 9.37 Å². The number of likely N-dealkylation sites (tertiary alicyclic amines) is 1. The number of carbonyl (C=O) groups is 2. The van der Waals surface area contributed by atoms with E-state index in [1.165, 1.54) is 23.5 Å². The Morgan fingerprint density at radius 3 is 2.86 bits per heavy atom. The number of nitrogens with zero attached hydrogens (tertiary/aromatic N) is 2. The third-order valence-corrected chi connectivity index (χ3v) is 6.34. The minimum absolute atomic E-state index is 0.198. The zero-order valence-corrected chi connectivity index (χ0v) is 16.8. The first-order chi connectivity index (χ1) is 14.0. The average molecular weight is 412 g/mol. The third kappa shape index (κ3) is 3.55. The zero-order valence-electron chi connectivity index (χ0n) is 15.9. The predicted molar refractivity (Wildman–Crippen MR) is 111 cm³/mol. The van der Waals surface area contributed by atoms with Crippen molar-refractivity contribution in [1.82, 2.24) is 15.2 Å². The first kappa shape index (κ1) is 19.3. The highest BCUT2D eigenvalue weighted by atomic mass is 32.1. The number of rotatable bonds is 3. The quantitative estimate of drug-likeness (QED) is 0.686. The lowest BCUT2D eigenvalue weighted by atomic mass is 9.97. The molecule has 1 aliphatic heterocycles. The van der Waals surface area contributed by atoms with Crippen molar-refractivity contribution >= 4 is 39.1 Å². The van der Waals surface area contributed by atoms with E-state index in [1.54, 1.807) is 24.1 Å². The van der Waals surface area contributed by atoms with Crippen LogP contribution in [0.1, 0.15) is 51.0 Å². The summed E-state index contributed by atoms with van der Waals surface area (Å²) in [6.07, 6.45) is 2.66. The number of piperidine rings is 1. The van der Waals surface area contributed by atoms with E-state index < -0.39 is 5.82 Å². The minimum Gasteiger partial charge on any atom is -0.397 e.